The largest absolute Gasteiger partial charge is 0.333 e. The van der Waals surface area contributed by atoms with Gasteiger partial charge in [-0.3, -0.25) is 0 Å². The number of hydrogen-bond donors (Lipinski definition) is 1. The van der Waals surface area contributed by atoms with E-state index in [9.17, 15) is 4.79 Å². The fourth-order valence-electron chi connectivity index (χ4n) is 2.34. The predicted molar refractivity (Wildman–Crippen MR) is 81.0 cm³/mol. The van der Waals surface area contributed by atoms with Gasteiger partial charge in [0.25, 0.3) is 0 Å². The number of urea groups is 1. The van der Waals surface area contributed by atoms with E-state index in [0.717, 1.165) is 0 Å². The molecule has 0 saturated heterocycles. The molecule has 9 heteroatoms. The minimum absolute atomic E-state index is 0.0751. The maximum atomic E-state index is 11.8. The van der Waals surface area contributed by atoms with Crippen molar-refractivity contribution in [1.82, 2.24) is 10.2 Å². The lowest BCUT2D eigenvalue weighted by Crippen LogP contribution is -2.54. The summed E-state index contributed by atoms with van der Waals surface area (Å²) in [5.74, 6) is 0. The number of carbonyl (C=O) groups is 1. The molecule has 0 aromatic heterocycles. The van der Waals surface area contributed by atoms with Gasteiger partial charge in [0.05, 0.1) is 16.1 Å². The van der Waals surface area contributed by atoms with Gasteiger partial charge in [-0.2, -0.15) is 0 Å². The summed E-state index contributed by atoms with van der Waals surface area (Å²) < 4.78 is -1.61. The maximum Gasteiger partial charge on any atom is 0.317 e. The summed E-state index contributed by atoms with van der Waals surface area (Å²) >= 11 is 37.7. The fourth-order valence-corrected chi connectivity index (χ4v) is 5.06. The Bertz CT molecular complexity index is 479. The molecule has 2 amide bonds. The number of nitrogens with one attached hydrogen (secondary N) is 1. The van der Waals surface area contributed by atoms with Crippen LogP contribution in [0.15, 0.2) is 10.1 Å². The fraction of sp³-hybridized carbons (Fsp3) is 0.700. The second-order valence-electron chi connectivity index (χ2n) is 4.82. The number of carbonyl (C=O) groups excluding carboxylic acids is 1. The molecule has 2 aliphatic rings. The van der Waals surface area contributed by atoms with E-state index < -0.39 is 20.1 Å². The number of hydrogen-bond acceptors (Lipinski definition) is 1. The molecule has 1 saturated carbocycles. The van der Waals surface area contributed by atoms with Crippen LogP contribution in [0.4, 0.5) is 4.79 Å². The second-order valence-corrected chi connectivity index (χ2v) is 8.14. The lowest BCUT2D eigenvalue weighted by molar-refractivity contribution is 0.211. The van der Waals surface area contributed by atoms with E-state index in [0.29, 0.717) is 0 Å². The molecule has 2 bridgehead atoms. The summed E-state index contributed by atoms with van der Waals surface area (Å²) in [5, 5.41) is 2.91. The van der Waals surface area contributed by atoms with Crippen LogP contribution in [0, 0.1) is 0 Å². The Kier molecular flexibility index (Phi) is 3.92. The van der Waals surface area contributed by atoms with Crippen LogP contribution in [0.5, 0.6) is 0 Å². The quantitative estimate of drug-likeness (QED) is 0.682. The number of rotatable bonds is 1. The van der Waals surface area contributed by atoms with Gasteiger partial charge in [-0.25, -0.2) is 4.79 Å². The second kappa shape index (κ2) is 4.62. The van der Waals surface area contributed by atoms with Gasteiger partial charge in [0, 0.05) is 14.1 Å². The number of halogens is 6. The zero-order valence-corrected chi connectivity index (χ0v) is 14.4. The molecule has 1 N–H and O–H groups in total. The summed E-state index contributed by atoms with van der Waals surface area (Å²) in [5.41, 5.74) is 0. The number of allylic oxidation sites excluding steroid dienone is 1. The van der Waals surface area contributed by atoms with Crippen LogP contribution in [-0.4, -0.2) is 45.1 Å². The molecule has 19 heavy (non-hydrogen) atoms. The molecule has 0 aromatic rings. The first-order valence-corrected chi connectivity index (χ1v) is 7.56. The highest BCUT2D eigenvalue weighted by atomic mass is 35.5. The maximum absolute atomic E-state index is 11.8. The van der Waals surface area contributed by atoms with E-state index in [-0.39, 0.29) is 22.5 Å². The van der Waals surface area contributed by atoms with Crippen LogP contribution < -0.4 is 5.32 Å². The van der Waals surface area contributed by atoms with Crippen molar-refractivity contribution in [1.29, 1.82) is 0 Å². The zero-order valence-electron chi connectivity index (χ0n) is 9.91. The molecule has 3 unspecified atom stereocenters. The number of nitrogens with zero attached hydrogens (tertiary/aromatic N) is 1. The van der Waals surface area contributed by atoms with E-state index in [1.54, 1.807) is 14.1 Å². The Balaban J connectivity index is 2.42. The van der Waals surface area contributed by atoms with E-state index in [1.807, 2.05) is 0 Å². The van der Waals surface area contributed by atoms with Crippen molar-refractivity contribution in [2.24, 2.45) is 0 Å². The van der Waals surface area contributed by atoms with E-state index in [4.69, 9.17) is 69.6 Å². The molecule has 108 valence electrons. The summed E-state index contributed by atoms with van der Waals surface area (Å²) in [6.07, 6.45) is 0.194. The predicted octanol–water partition coefficient (Wildman–Crippen LogP) is 3.86. The molecule has 1 fully saturated rings. The van der Waals surface area contributed by atoms with Crippen LogP contribution in [0.3, 0.4) is 0 Å². The molecule has 0 aliphatic heterocycles. The first kappa shape index (κ1) is 16.1. The molecule has 0 aromatic carbocycles. The van der Waals surface area contributed by atoms with E-state index in [2.05, 4.69) is 5.32 Å². The lowest BCUT2D eigenvalue weighted by Gasteiger charge is -2.34. The van der Waals surface area contributed by atoms with Gasteiger partial charge in [0.2, 0.25) is 0 Å². The van der Waals surface area contributed by atoms with Gasteiger partial charge in [0.15, 0.2) is 4.33 Å². The average molecular weight is 387 g/mol. The SMILES string of the molecule is CN(C)C(=O)NC1CC2(Cl)C(Cl)=C(Cl)C1(Cl)C2(Cl)Cl. The summed E-state index contributed by atoms with van der Waals surface area (Å²) in [7, 11) is 3.19. The van der Waals surface area contributed by atoms with Crippen molar-refractivity contribution in [2.45, 2.75) is 26.5 Å². The molecule has 2 aliphatic carbocycles. The monoisotopic (exact) mass is 384 g/mol. The van der Waals surface area contributed by atoms with Gasteiger partial charge in [0.1, 0.15) is 9.75 Å². The third-order valence-corrected chi connectivity index (χ3v) is 7.76. The molecule has 0 spiro atoms. The Morgan fingerprint density at radius 3 is 2.11 bits per heavy atom. The first-order chi connectivity index (χ1) is 8.50. The topological polar surface area (TPSA) is 32.3 Å². The minimum atomic E-state index is -1.61. The Labute approximate surface area is 141 Å². The third-order valence-electron chi connectivity index (χ3n) is 3.48. The highest BCUT2D eigenvalue weighted by Crippen LogP contribution is 2.72. The van der Waals surface area contributed by atoms with Crippen molar-refractivity contribution >= 4 is 75.6 Å². The summed E-state index contributed by atoms with van der Waals surface area (Å²) in [6, 6.07) is -0.964. The number of alkyl halides is 4. The highest BCUT2D eigenvalue weighted by molar-refractivity contribution is 6.65. The molecular weight excluding hydrogens is 377 g/mol. The molecule has 0 heterocycles. The molecule has 3 atom stereocenters. The van der Waals surface area contributed by atoms with Crippen LogP contribution in [0.25, 0.3) is 0 Å². The molecule has 3 nitrogen and oxygen atoms in total. The number of amides is 2. The zero-order chi connectivity index (χ0) is 14.8. The van der Waals surface area contributed by atoms with Crippen molar-refractivity contribution in [3.05, 3.63) is 10.1 Å². The van der Waals surface area contributed by atoms with Crippen molar-refractivity contribution in [2.75, 3.05) is 14.1 Å². The van der Waals surface area contributed by atoms with Crippen LogP contribution >= 0.6 is 69.6 Å². The average Bonchev–Trinajstić information content (AvgIpc) is 2.51. The molecule has 0 radical (unpaired) electrons. The molecule has 2 rings (SSSR count). The van der Waals surface area contributed by atoms with E-state index in [1.165, 1.54) is 4.90 Å². The van der Waals surface area contributed by atoms with Gasteiger partial charge in [-0.1, -0.05) is 46.4 Å². The van der Waals surface area contributed by atoms with Crippen molar-refractivity contribution in [3.63, 3.8) is 0 Å². The first-order valence-electron chi connectivity index (χ1n) is 5.30. The Morgan fingerprint density at radius 1 is 1.21 bits per heavy atom. The standard InChI is InChI=1S/C10H10Cl6N2O/c1-18(2)7(19)17-4-3-8(13)5(11)6(12)9(4,14)10(8,15)16/h4H,3H2,1-2H3,(H,17,19). The summed E-state index contributed by atoms with van der Waals surface area (Å²) in [4.78, 5) is 10.4. The Morgan fingerprint density at radius 2 is 1.74 bits per heavy atom. The minimum Gasteiger partial charge on any atom is -0.333 e. The van der Waals surface area contributed by atoms with E-state index >= 15 is 0 Å². The molecular formula is C10H10Cl6N2O. The Hall–Kier alpha value is 0.750. The van der Waals surface area contributed by atoms with Crippen LogP contribution in [0.1, 0.15) is 6.42 Å². The van der Waals surface area contributed by atoms with Crippen molar-refractivity contribution in [3.8, 4) is 0 Å². The van der Waals surface area contributed by atoms with Gasteiger partial charge < -0.3 is 10.2 Å². The smallest absolute Gasteiger partial charge is 0.317 e. The van der Waals surface area contributed by atoms with Gasteiger partial charge in [-0.05, 0) is 6.42 Å². The number of fused-ring (bicyclic) bond motifs is 2. The third kappa shape index (κ3) is 1.82. The van der Waals surface area contributed by atoms with Gasteiger partial charge >= 0.3 is 6.03 Å². The highest BCUT2D eigenvalue weighted by Gasteiger charge is 2.78. The van der Waals surface area contributed by atoms with Crippen LogP contribution in [-0.2, 0) is 0 Å². The summed E-state index contributed by atoms with van der Waals surface area (Å²) in [6.45, 7) is 0. The van der Waals surface area contributed by atoms with Crippen molar-refractivity contribution < 1.29 is 4.79 Å². The van der Waals surface area contributed by atoms with Crippen LogP contribution in [0.2, 0.25) is 0 Å². The normalized spacial score (nSPS) is 39.7. The van der Waals surface area contributed by atoms with Gasteiger partial charge in [-0.15, -0.1) is 23.2 Å². The lowest BCUT2D eigenvalue weighted by atomic mass is 10.00.